The van der Waals surface area contributed by atoms with E-state index in [9.17, 15) is 9.59 Å². The predicted molar refractivity (Wildman–Crippen MR) is 111 cm³/mol. The summed E-state index contributed by atoms with van der Waals surface area (Å²) in [5.74, 6) is 0.137. The molecule has 0 atom stereocenters. The van der Waals surface area contributed by atoms with Crippen LogP contribution in [-0.2, 0) is 24.2 Å². The first-order valence-corrected chi connectivity index (χ1v) is 10.8. The Bertz CT molecular complexity index is 873. The topological polar surface area (TPSA) is 74.3 Å². The number of benzene rings is 1. The summed E-state index contributed by atoms with van der Waals surface area (Å²) in [7, 11) is 0. The third-order valence-corrected chi connectivity index (χ3v) is 6.43. The summed E-state index contributed by atoms with van der Waals surface area (Å²) in [6, 6.07) is 8.19. The maximum absolute atomic E-state index is 12.7. The fourth-order valence-corrected chi connectivity index (χ4v) is 4.98. The third-order valence-electron chi connectivity index (χ3n) is 5.43. The van der Waals surface area contributed by atoms with Gasteiger partial charge in [-0.1, -0.05) is 54.0 Å². The number of fused-ring (bicyclic) bond motifs is 1. The van der Waals surface area contributed by atoms with Gasteiger partial charge in [-0.2, -0.15) is 0 Å². The van der Waals surface area contributed by atoms with E-state index in [4.69, 9.17) is 0 Å². The van der Waals surface area contributed by atoms with Crippen molar-refractivity contribution >= 4 is 28.4 Å². The number of aromatic nitrogens is 1. The minimum absolute atomic E-state index is 0.137. The smallest absolute Gasteiger partial charge is 0.321 e. The molecule has 2 aromatic rings. The van der Waals surface area contributed by atoms with Crippen molar-refractivity contribution in [3.63, 3.8) is 0 Å². The highest BCUT2D eigenvalue weighted by Gasteiger charge is 2.25. The summed E-state index contributed by atoms with van der Waals surface area (Å²) in [6.45, 7) is 3.29. The maximum atomic E-state index is 12.7. The van der Waals surface area contributed by atoms with E-state index in [0.29, 0.717) is 24.6 Å². The number of aryl methyl sites for hydroxylation is 1. The van der Waals surface area contributed by atoms with Crippen LogP contribution in [0.4, 0.5) is 9.93 Å². The molecule has 2 heterocycles. The van der Waals surface area contributed by atoms with Crippen LogP contribution in [0.1, 0.15) is 47.4 Å². The number of anilines is 1. The first-order chi connectivity index (χ1) is 13.6. The second-order valence-corrected chi connectivity index (χ2v) is 8.78. The van der Waals surface area contributed by atoms with Gasteiger partial charge in [0.2, 0.25) is 5.91 Å². The number of rotatable bonds is 4. The molecule has 4 rings (SSSR count). The first kappa shape index (κ1) is 18.9. The Hall–Kier alpha value is -2.41. The van der Waals surface area contributed by atoms with Crippen LogP contribution >= 0.6 is 11.3 Å². The number of carbonyl (C=O) groups is 2. The molecule has 2 aliphatic rings. The number of nitrogens with one attached hydrogen (secondary N) is 2. The van der Waals surface area contributed by atoms with Gasteiger partial charge in [0.05, 0.1) is 18.7 Å². The van der Waals surface area contributed by atoms with Crippen molar-refractivity contribution in [2.24, 2.45) is 0 Å². The Balaban J connectivity index is 1.34. The SMILES string of the molecule is Cc1cccc(CC(=O)N2CCc3nc(NC(=O)NC4CCCC4)sc3C2)c1. The molecular formula is C21H26N4O2S. The molecule has 1 fully saturated rings. The summed E-state index contributed by atoms with van der Waals surface area (Å²) < 4.78 is 0. The fraction of sp³-hybridized carbons (Fsp3) is 0.476. The zero-order chi connectivity index (χ0) is 19.5. The molecule has 1 aliphatic heterocycles. The van der Waals surface area contributed by atoms with Crippen molar-refractivity contribution in [2.75, 3.05) is 11.9 Å². The number of urea groups is 1. The molecular weight excluding hydrogens is 372 g/mol. The average molecular weight is 399 g/mol. The van der Waals surface area contributed by atoms with Crippen LogP contribution in [0.3, 0.4) is 0 Å². The Morgan fingerprint density at radius 1 is 1.29 bits per heavy atom. The predicted octanol–water partition coefficient (Wildman–Crippen LogP) is 3.64. The number of nitrogens with zero attached hydrogens (tertiary/aromatic N) is 2. The number of hydrogen-bond donors (Lipinski definition) is 2. The molecule has 6 nitrogen and oxygen atoms in total. The van der Waals surface area contributed by atoms with Crippen LogP contribution in [0.25, 0.3) is 0 Å². The standard InChI is InChI=1S/C21H26N4O2S/c1-14-5-4-6-15(11-14)12-19(26)25-10-9-17-18(13-25)28-21(23-17)24-20(27)22-16-7-2-3-8-16/h4-6,11,16H,2-3,7-10,12-13H2,1H3,(H2,22,23,24,27). The number of hydrogen-bond acceptors (Lipinski definition) is 4. The lowest BCUT2D eigenvalue weighted by Crippen LogP contribution is -2.36. The van der Waals surface area contributed by atoms with Gasteiger partial charge in [-0.05, 0) is 25.3 Å². The van der Waals surface area contributed by atoms with Crippen molar-refractivity contribution in [3.8, 4) is 0 Å². The molecule has 1 aromatic heterocycles. The highest BCUT2D eigenvalue weighted by Crippen LogP contribution is 2.29. The van der Waals surface area contributed by atoms with Crippen LogP contribution in [0.2, 0.25) is 0 Å². The molecule has 7 heteroatoms. The quantitative estimate of drug-likeness (QED) is 0.826. The van der Waals surface area contributed by atoms with Crippen molar-refractivity contribution in [1.29, 1.82) is 0 Å². The van der Waals surface area contributed by atoms with Gasteiger partial charge in [0.1, 0.15) is 0 Å². The largest absolute Gasteiger partial charge is 0.337 e. The minimum Gasteiger partial charge on any atom is -0.337 e. The number of thiazole rings is 1. The number of carbonyl (C=O) groups excluding carboxylic acids is 2. The Kier molecular flexibility index (Phi) is 5.62. The molecule has 148 valence electrons. The van der Waals surface area contributed by atoms with E-state index in [1.54, 1.807) is 0 Å². The van der Waals surface area contributed by atoms with E-state index >= 15 is 0 Å². The van der Waals surface area contributed by atoms with Gasteiger partial charge < -0.3 is 10.2 Å². The Morgan fingerprint density at radius 3 is 2.89 bits per heavy atom. The third kappa shape index (κ3) is 4.52. The highest BCUT2D eigenvalue weighted by molar-refractivity contribution is 7.15. The van der Waals surface area contributed by atoms with Gasteiger partial charge in [-0.15, -0.1) is 0 Å². The summed E-state index contributed by atoms with van der Waals surface area (Å²) in [6.07, 6.45) is 5.63. The van der Waals surface area contributed by atoms with Crippen LogP contribution in [0.15, 0.2) is 24.3 Å². The van der Waals surface area contributed by atoms with E-state index in [1.165, 1.54) is 29.7 Å². The molecule has 3 amide bonds. The lowest BCUT2D eigenvalue weighted by Gasteiger charge is -2.26. The van der Waals surface area contributed by atoms with Gasteiger partial charge >= 0.3 is 6.03 Å². The molecule has 0 spiro atoms. The summed E-state index contributed by atoms with van der Waals surface area (Å²) in [4.78, 5) is 32.4. The zero-order valence-corrected chi connectivity index (χ0v) is 17.0. The monoisotopic (exact) mass is 398 g/mol. The van der Waals surface area contributed by atoms with Gasteiger partial charge in [-0.25, -0.2) is 9.78 Å². The summed E-state index contributed by atoms with van der Waals surface area (Å²) in [5.41, 5.74) is 3.21. The van der Waals surface area contributed by atoms with Crippen LogP contribution in [-0.4, -0.2) is 34.4 Å². The fourth-order valence-electron chi connectivity index (χ4n) is 3.96. The van der Waals surface area contributed by atoms with E-state index in [-0.39, 0.29) is 18.0 Å². The minimum atomic E-state index is -0.176. The van der Waals surface area contributed by atoms with Gasteiger partial charge in [-0.3, -0.25) is 10.1 Å². The van der Waals surface area contributed by atoms with E-state index < -0.39 is 0 Å². The van der Waals surface area contributed by atoms with Gasteiger partial charge in [0.15, 0.2) is 5.13 Å². The van der Waals surface area contributed by atoms with Crippen LogP contribution in [0, 0.1) is 6.92 Å². The highest BCUT2D eigenvalue weighted by atomic mass is 32.1. The molecule has 1 saturated carbocycles. The molecule has 0 bridgehead atoms. The molecule has 0 radical (unpaired) electrons. The van der Waals surface area contributed by atoms with Crippen molar-refractivity contribution in [2.45, 2.75) is 58.0 Å². The average Bonchev–Trinajstić information content (AvgIpc) is 3.29. The normalized spacial score (nSPS) is 16.7. The molecule has 1 aliphatic carbocycles. The summed E-state index contributed by atoms with van der Waals surface area (Å²) in [5, 5.41) is 6.51. The summed E-state index contributed by atoms with van der Waals surface area (Å²) >= 11 is 1.47. The lowest BCUT2D eigenvalue weighted by molar-refractivity contribution is -0.131. The van der Waals surface area contributed by atoms with E-state index in [2.05, 4.69) is 21.7 Å². The van der Waals surface area contributed by atoms with Crippen molar-refractivity contribution in [1.82, 2.24) is 15.2 Å². The van der Waals surface area contributed by atoms with Gasteiger partial charge in [0, 0.05) is 23.9 Å². The molecule has 0 unspecified atom stereocenters. The molecule has 2 N–H and O–H groups in total. The lowest BCUT2D eigenvalue weighted by atomic mass is 10.1. The van der Waals surface area contributed by atoms with Gasteiger partial charge in [0.25, 0.3) is 0 Å². The second kappa shape index (κ2) is 8.31. The number of amides is 3. The molecule has 28 heavy (non-hydrogen) atoms. The Labute approximate surface area is 169 Å². The van der Waals surface area contributed by atoms with Crippen LogP contribution < -0.4 is 10.6 Å². The van der Waals surface area contributed by atoms with Crippen molar-refractivity contribution in [3.05, 3.63) is 46.0 Å². The maximum Gasteiger partial charge on any atom is 0.321 e. The second-order valence-electron chi connectivity index (χ2n) is 7.70. The Morgan fingerprint density at radius 2 is 2.11 bits per heavy atom. The zero-order valence-electron chi connectivity index (χ0n) is 16.2. The van der Waals surface area contributed by atoms with Crippen molar-refractivity contribution < 1.29 is 9.59 Å². The van der Waals surface area contributed by atoms with Crippen LogP contribution in [0.5, 0.6) is 0 Å². The van der Waals surface area contributed by atoms with E-state index in [1.807, 2.05) is 30.0 Å². The van der Waals surface area contributed by atoms with E-state index in [0.717, 1.165) is 35.4 Å². The molecule has 0 saturated heterocycles. The first-order valence-electron chi connectivity index (χ1n) is 9.96. The molecule has 1 aromatic carbocycles.